The van der Waals surface area contributed by atoms with Crippen LogP contribution >= 0.6 is 0 Å². The Hall–Kier alpha value is -1.03. The van der Waals surface area contributed by atoms with Crippen LogP contribution in [-0.2, 0) is 7.05 Å². The van der Waals surface area contributed by atoms with Gasteiger partial charge in [0.05, 0.1) is 12.5 Å². The van der Waals surface area contributed by atoms with Gasteiger partial charge >= 0.3 is 0 Å². The standard InChI is InChI=1S/C6H11N3O/c1-5(7)10-6-3-9(2)4-8-6/h3-5H,7H2,1-2H3. The highest BCUT2D eigenvalue weighted by molar-refractivity contribution is 5.03. The SMILES string of the molecule is CC(N)Oc1cn(C)cn1. The van der Waals surface area contributed by atoms with E-state index in [0.29, 0.717) is 5.88 Å². The zero-order chi connectivity index (χ0) is 7.56. The summed E-state index contributed by atoms with van der Waals surface area (Å²) in [5, 5.41) is 0. The lowest BCUT2D eigenvalue weighted by molar-refractivity contribution is 0.221. The molecule has 56 valence electrons. The van der Waals surface area contributed by atoms with Crippen molar-refractivity contribution >= 4 is 0 Å². The molecule has 0 aliphatic carbocycles. The number of aryl methyl sites for hydroxylation is 1. The number of imidazole rings is 1. The zero-order valence-electron chi connectivity index (χ0n) is 6.11. The molecule has 1 aromatic heterocycles. The van der Waals surface area contributed by atoms with Crippen LogP contribution in [0, 0.1) is 0 Å². The second kappa shape index (κ2) is 2.70. The van der Waals surface area contributed by atoms with Gasteiger partial charge in [0.15, 0.2) is 0 Å². The lowest BCUT2D eigenvalue weighted by Gasteiger charge is -2.03. The number of nitrogens with zero attached hydrogens (tertiary/aromatic N) is 2. The smallest absolute Gasteiger partial charge is 0.233 e. The first-order chi connectivity index (χ1) is 4.68. The fourth-order valence-corrected chi connectivity index (χ4v) is 0.640. The van der Waals surface area contributed by atoms with E-state index in [-0.39, 0.29) is 6.23 Å². The summed E-state index contributed by atoms with van der Waals surface area (Å²) >= 11 is 0. The van der Waals surface area contributed by atoms with Crippen LogP contribution in [-0.4, -0.2) is 15.8 Å². The van der Waals surface area contributed by atoms with Gasteiger partial charge in [-0.1, -0.05) is 0 Å². The van der Waals surface area contributed by atoms with E-state index in [0.717, 1.165) is 0 Å². The summed E-state index contributed by atoms with van der Waals surface area (Å²) in [4.78, 5) is 3.92. The van der Waals surface area contributed by atoms with Crippen LogP contribution in [0.3, 0.4) is 0 Å². The Kier molecular flexibility index (Phi) is 1.91. The third-order valence-corrected chi connectivity index (χ3v) is 0.988. The van der Waals surface area contributed by atoms with Crippen LogP contribution in [0.5, 0.6) is 5.88 Å². The Morgan fingerprint density at radius 3 is 2.90 bits per heavy atom. The topological polar surface area (TPSA) is 53.1 Å². The largest absolute Gasteiger partial charge is 0.458 e. The van der Waals surface area contributed by atoms with E-state index < -0.39 is 0 Å². The number of nitrogens with two attached hydrogens (primary N) is 1. The van der Waals surface area contributed by atoms with Gasteiger partial charge in [-0.2, -0.15) is 0 Å². The van der Waals surface area contributed by atoms with E-state index in [2.05, 4.69) is 4.98 Å². The Labute approximate surface area is 59.6 Å². The average Bonchev–Trinajstić information content (AvgIpc) is 2.13. The molecule has 0 fully saturated rings. The number of ether oxygens (including phenoxy) is 1. The molecule has 0 saturated carbocycles. The molecule has 1 atom stereocenters. The molecular formula is C6H11N3O. The van der Waals surface area contributed by atoms with Crippen LogP contribution in [0.25, 0.3) is 0 Å². The van der Waals surface area contributed by atoms with Crippen molar-refractivity contribution in [3.8, 4) is 5.88 Å². The van der Waals surface area contributed by atoms with E-state index >= 15 is 0 Å². The van der Waals surface area contributed by atoms with Crippen molar-refractivity contribution in [2.24, 2.45) is 12.8 Å². The third kappa shape index (κ3) is 1.73. The van der Waals surface area contributed by atoms with Gasteiger partial charge in [0.2, 0.25) is 5.88 Å². The molecule has 0 aliphatic rings. The summed E-state index contributed by atoms with van der Waals surface area (Å²) in [6.45, 7) is 1.76. The molecule has 0 saturated heterocycles. The molecule has 1 aromatic rings. The molecule has 2 N–H and O–H groups in total. The van der Waals surface area contributed by atoms with E-state index in [4.69, 9.17) is 10.5 Å². The summed E-state index contributed by atoms with van der Waals surface area (Å²) < 4.78 is 6.88. The molecule has 1 heterocycles. The highest BCUT2D eigenvalue weighted by Crippen LogP contribution is 2.04. The van der Waals surface area contributed by atoms with Crippen molar-refractivity contribution in [3.05, 3.63) is 12.5 Å². The maximum Gasteiger partial charge on any atom is 0.233 e. The molecule has 4 nitrogen and oxygen atoms in total. The lowest BCUT2D eigenvalue weighted by atomic mass is 10.7. The Balaban J connectivity index is 2.58. The van der Waals surface area contributed by atoms with Gasteiger partial charge in [-0.15, -0.1) is 0 Å². The Morgan fingerprint density at radius 1 is 1.80 bits per heavy atom. The zero-order valence-corrected chi connectivity index (χ0v) is 6.11. The second-order valence-electron chi connectivity index (χ2n) is 2.20. The maximum atomic E-state index is 5.36. The van der Waals surface area contributed by atoms with E-state index in [1.165, 1.54) is 0 Å². The van der Waals surface area contributed by atoms with Crippen molar-refractivity contribution in [1.82, 2.24) is 9.55 Å². The predicted molar refractivity (Wildman–Crippen MR) is 37.5 cm³/mol. The molecule has 0 aromatic carbocycles. The lowest BCUT2D eigenvalue weighted by Crippen LogP contribution is -2.22. The first-order valence-corrected chi connectivity index (χ1v) is 3.08. The number of hydrogen-bond acceptors (Lipinski definition) is 3. The van der Waals surface area contributed by atoms with Gasteiger partial charge in [-0.3, -0.25) is 5.73 Å². The summed E-state index contributed by atoms with van der Waals surface area (Å²) in [6.07, 6.45) is 3.14. The Morgan fingerprint density at radius 2 is 2.50 bits per heavy atom. The quantitative estimate of drug-likeness (QED) is 0.594. The molecule has 0 spiro atoms. The maximum absolute atomic E-state index is 5.36. The van der Waals surface area contributed by atoms with Crippen LogP contribution in [0.4, 0.5) is 0 Å². The van der Waals surface area contributed by atoms with E-state index in [1.54, 1.807) is 24.0 Å². The third-order valence-electron chi connectivity index (χ3n) is 0.988. The van der Waals surface area contributed by atoms with Gasteiger partial charge in [0.1, 0.15) is 6.23 Å². The monoisotopic (exact) mass is 141 g/mol. The van der Waals surface area contributed by atoms with Gasteiger partial charge in [0, 0.05) is 7.05 Å². The normalized spacial score (nSPS) is 13.1. The minimum Gasteiger partial charge on any atom is -0.458 e. The molecule has 0 amide bonds. The fraction of sp³-hybridized carbons (Fsp3) is 0.500. The first kappa shape index (κ1) is 7.08. The van der Waals surface area contributed by atoms with Gasteiger partial charge in [0.25, 0.3) is 0 Å². The molecule has 0 bridgehead atoms. The van der Waals surface area contributed by atoms with Crippen LogP contribution in [0.2, 0.25) is 0 Å². The molecule has 1 rings (SSSR count). The molecule has 0 radical (unpaired) electrons. The molecule has 10 heavy (non-hydrogen) atoms. The minimum absolute atomic E-state index is 0.296. The number of hydrogen-bond donors (Lipinski definition) is 1. The predicted octanol–water partition coefficient (Wildman–Crippen LogP) is 0.104. The van der Waals surface area contributed by atoms with Crippen molar-refractivity contribution in [3.63, 3.8) is 0 Å². The summed E-state index contributed by atoms with van der Waals surface area (Å²) in [5.74, 6) is 0.567. The van der Waals surface area contributed by atoms with Crippen LogP contribution < -0.4 is 10.5 Å². The summed E-state index contributed by atoms with van der Waals surface area (Å²) in [7, 11) is 1.88. The average molecular weight is 141 g/mol. The minimum atomic E-state index is -0.296. The highest BCUT2D eigenvalue weighted by atomic mass is 16.5. The van der Waals surface area contributed by atoms with E-state index in [1.807, 2.05) is 7.05 Å². The van der Waals surface area contributed by atoms with Crippen molar-refractivity contribution < 1.29 is 4.74 Å². The van der Waals surface area contributed by atoms with E-state index in [9.17, 15) is 0 Å². The van der Waals surface area contributed by atoms with Gasteiger partial charge in [-0.25, -0.2) is 4.98 Å². The molecule has 1 unspecified atom stereocenters. The van der Waals surface area contributed by atoms with Crippen molar-refractivity contribution in [2.75, 3.05) is 0 Å². The van der Waals surface area contributed by atoms with Crippen LogP contribution in [0.15, 0.2) is 12.5 Å². The molecular weight excluding hydrogens is 130 g/mol. The summed E-state index contributed by atoms with van der Waals surface area (Å²) in [6, 6.07) is 0. The van der Waals surface area contributed by atoms with Crippen molar-refractivity contribution in [1.29, 1.82) is 0 Å². The summed E-state index contributed by atoms with van der Waals surface area (Å²) in [5.41, 5.74) is 5.36. The van der Waals surface area contributed by atoms with Crippen molar-refractivity contribution in [2.45, 2.75) is 13.2 Å². The highest BCUT2D eigenvalue weighted by Gasteiger charge is 1.98. The number of aromatic nitrogens is 2. The van der Waals surface area contributed by atoms with Gasteiger partial charge in [-0.05, 0) is 6.92 Å². The van der Waals surface area contributed by atoms with Crippen LogP contribution in [0.1, 0.15) is 6.92 Å². The molecule has 0 aliphatic heterocycles. The number of rotatable bonds is 2. The fourth-order valence-electron chi connectivity index (χ4n) is 0.640. The first-order valence-electron chi connectivity index (χ1n) is 3.08. The second-order valence-corrected chi connectivity index (χ2v) is 2.20. The Bertz CT molecular complexity index is 207. The molecule has 4 heteroatoms. The van der Waals surface area contributed by atoms with Gasteiger partial charge < -0.3 is 9.30 Å².